The van der Waals surface area contributed by atoms with Gasteiger partial charge in [0, 0.05) is 5.33 Å². The van der Waals surface area contributed by atoms with Crippen LogP contribution in [0.3, 0.4) is 0 Å². The number of halogens is 1. The van der Waals surface area contributed by atoms with E-state index in [2.05, 4.69) is 15.9 Å². The van der Waals surface area contributed by atoms with E-state index in [0.29, 0.717) is 0 Å². The van der Waals surface area contributed by atoms with E-state index >= 15 is 0 Å². The lowest BCUT2D eigenvalue weighted by atomic mass is 9.84. The molecule has 0 saturated heterocycles. The summed E-state index contributed by atoms with van der Waals surface area (Å²) >= 11 is 3.35. The molecule has 0 fully saturated rings. The number of hydrogen-bond donors (Lipinski definition) is 1. The second kappa shape index (κ2) is 4.13. The molecule has 0 amide bonds. The average molecular weight is 257 g/mol. The van der Waals surface area contributed by atoms with Crippen LogP contribution in [0.25, 0.3) is 0 Å². The van der Waals surface area contributed by atoms with E-state index in [0.717, 1.165) is 16.5 Å². The summed E-state index contributed by atoms with van der Waals surface area (Å²) in [5.74, 6) is -0.802. The van der Waals surface area contributed by atoms with Gasteiger partial charge in [0.15, 0.2) is 0 Å². The largest absolute Gasteiger partial charge is 0.481 e. The molecule has 3 heteroatoms. The highest BCUT2D eigenvalue weighted by Crippen LogP contribution is 2.23. The number of alkyl halides is 1. The summed E-state index contributed by atoms with van der Waals surface area (Å²) < 4.78 is 0. The minimum Gasteiger partial charge on any atom is -0.481 e. The Kier molecular flexibility index (Phi) is 3.32. The van der Waals surface area contributed by atoms with Crippen molar-refractivity contribution in [2.75, 3.05) is 0 Å². The van der Waals surface area contributed by atoms with Gasteiger partial charge in [-0.3, -0.25) is 4.79 Å². The lowest BCUT2D eigenvalue weighted by Crippen LogP contribution is -2.28. The Morgan fingerprint density at radius 1 is 1.36 bits per heavy atom. The third kappa shape index (κ3) is 2.15. The Bertz CT molecular complexity index is 328. The van der Waals surface area contributed by atoms with Crippen molar-refractivity contribution < 1.29 is 9.90 Å². The zero-order chi connectivity index (χ0) is 10.8. The number of rotatable bonds is 3. The molecular weight excluding hydrogens is 244 g/mol. The predicted molar refractivity (Wildman–Crippen MR) is 59.7 cm³/mol. The third-order valence-corrected chi connectivity index (χ3v) is 3.01. The van der Waals surface area contributed by atoms with Gasteiger partial charge in [-0.05, 0) is 25.0 Å². The van der Waals surface area contributed by atoms with Gasteiger partial charge in [0.2, 0.25) is 0 Å². The van der Waals surface area contributed by atoms with Crippen LogP contribution in [-0.4, -0.2) is 11.1 Å². The van der Waals surface area contributed by atoms with Crippen molar-refractivity contribution in [3.63, 3.8) is 0 Å². The molecular formula is C11H13BrO2. The van der Waals surface area contributed by atoms with E-state index in [4.69, 9.17) is 5.11 Å². The zero-order valence-corrected chi connectivity index (χ0v) is 9.84. The number of hydrogen-bond acceptors (Lipinski definition) is 1. The Hall–Kier alpha value is -0.830. The second-order valence-corrected chi connectivity index (χ2v) is 4.32. The van der Waals surface area contributed by atoms with Crippen LogP contribution in [0, 0.1) is 0 Å². The van der Waals surface area contributed by atoms with Crippen LogP contribution in [0.5, 0.6) is 0 Å². The van der Waals surface area contributed by atoms with E-state index in [1.54, 1.807) is 13.8 Å². The Labute approximate surface area is 92.1 Å². The van der Waals surface area contributed by atoms with E-state index in [-0.39, 0.29) is 0 Å². The summed E-state index contributed by atoms with van der Waals surface area (Å²) in [5.41, 5.74) is 1.16. The van der Waals surface area contributed by atoms with Crippen molar-refractivity contribution in [1.29, 1.82) is 0 Å². The highest BCUT2D eigenvalue weighted by atomic mass is 79.9. The Morgan fingerprint density at radius 2 is 1.86 bits per heavy atom. The van der Waals surface area contributed by atoms with Crippen molar-refractivity contribution in [3.05, 3.63) is 35.4 Å². The molecule has 1 rings (SSSR count). The molecule has 76 valence electrons. The third-order valence-electron chi connectivity index (χ3n) is 2.36. The Morgan fingerprint density at radius 3 is 2.21 bits per heavy atom. The molecule has 1 N–H and O–H groups in total. The molecule has 0 aliphatic rings. The molecule has 14 heavy (non-hydrogen) atoms. The van der Waals surface area contributed by atoms with E-state index in [1.165, 1.54) is 0 Å². The number of carboxylic acid groups (broad SMARTS) is 1. The van der Waals surface area contributed by atoms with Gasteiger partial charge in [-0.15, -0.1) is 0 Å². The van der Waals surface area contributed by atoms with Crippen molar-refractivity contribution >= 4 is 21.9 Å². The fourth-order valence-corrected chi connectivity index (χ4v) is 1.51. The summed E-state index contributed by atoms with van der Waals surface area (Å²) in [4.78, 5) is 11.0. The first kappa shape index (κ1) is 11.2. The topological polar surface area (TPSA) is 37.3 Å². The maximum atomic E-state index is 11.0. The highest BCUT2D eigenvalue weighted by Gasteiger charge is 2.28. The lowest BCUT2D eigenvalue weighted by Gasteiger charge is -2.19. The molecule has 0 unspecified atom stereocenters. The van der Waals surface area contributed by atoms with Crippen LogP contribution >= 0.6 is 15.9 Å². The normalized spacial score (nSPS) is 11.4. The molecule has 0 bridgehead atoms. The number of carbonyl (C=O) groups is 1. The van der Waals surface area contributed by atoms with E-state index < -0.39 is 11.4 Å². The van der Waals surface area contributed by atoms with E-state index in [1.807, 2.05) is 24.3 Å². The summed E-state index contributed by atoms with van der Waals surface area (Å²) in [6.45, 7) is 3.41. The summed E-state index contributed by atoms with van der Waals surface area (Å²) in [6.07, 6.45) is 0. The fraction of sp³-hybridized carbons (Fsp3) is 0.364. The maximum Gasteiger partial charge on any atom is 0.313 e. The minimum atomic E-state index is -0.815. The molecule has 0 aliphatic carbocycles. The van der Waals surface area contributed by atoms with Crippen LogP contribution < -0.4 is 0 Å². The van der Waals surface area contributed by atoms with Crippen LogP contribution in [0.15, 0.2) is 24.3 Å². The van der Waals surface area contributed by atoms with Crippen molar-refractivity contribution in [1.82, 2.24) is 0 Å². The molecule has 0 heterocycles. The molecule has 2 nitrogen and oxygen atoms in total. The van der Waals surface area contributed by atoms with Gasteiger partial charge in [-0.1, -0.05) is 40.2 Å². The maximum absolute atomic E-state index is 11.0. The fourth-order valence-electron chi connectivity index (χ4n) is 1.13. The number of benzene rings is 1. The Balaban J connectivity index is 3.02. The molecule has 0 spiro atoms. The first-order valence-corrected chi connectivity index (χ1v) is 5.49. The molecule has 0 aromatic heterocycles. The van der Waals surface area contributed by atoms with Crippen LogP contribution in [0.4, 0.5) is 0 Å². The van der Waals surface area contributed by atoms with E-state index in [9.17, 15) is 4.79 Å². The predicted octanol–water partition coefficient (Wildman–Crippen LogP) is 2.94. The first-order valence-electron chi connectivity index (χ1n) is 4.37. The quantitative estimate of drug-likeness (QED) is 0.845. The zero-order valence-electron chi connectivity index (χ0n) is 8.25. The summed E-state index contributed by atoms with van der Waals surface area (Å²) in [6, 6.07) is 7.61. The first-order chi connectivity index (χ1) is 6.48. The minimum absolute atomic E-state index is 0.792. The van der Waals surface area contributed by atoms with Crippen LogP contribution in [-0.2, 0) is 15.5 Å². The molecule has 0 aliphatic heterocycles. The SMILES string of the molecule is CC(C)(C(=O)O)c1ccc(CBr)cc1. The van der Waals surface area contributed by atoms with Crippen molar-refractivity contribution in [2.24, 2.45) is 0 Å². The van der Waals surface area contributed by atoms with Gasteiger partial charge < -0.3 is 5.11 Å². The molecule has 0 radical (unpaired) electrons. The number of carboxylic acids is 1. The molecule has 0 saturated carbocycles. The van der Waals surface area contributed by atoms with Gasteiger partial charge in [-0.2, -0.15) is 0 Å². The molecule has 1 aromatic rings. The van der Waals surface area contributed by atoms with Gasteiger partial charge in [0.05, 0.1) is 5.41 Å². The van der Waals surface area contributed by atoms with Crippen molar-refractivity contribution in [2.45, 2.75) is 24.6 Å². The molecule has 0 atom stereocenters. The van der Waals surface area contributed by atoms with Gasteiger partial charge in [0.1, 0.15) is 0 Å². The van der Waals surface area contributed by atoms with Gasteiger partial charge in [-0.25, -0.2) is 0 Å². The summed E-state index contributed by atoms with van der Waals surface area (Å²) in [7, 11) is 0. The van der Waals surface area contributed by atoms with Crippen LogP contribution in [0.1, 0.15) is 25.0 Å². The van der Waals surface area contributed by atoms with Gasteiger partial charge in [0.25, 0.3) is 0 Å². The standard InChI is InChI=1S/C11H13BrO2/c1-11(2,10(13)14)9-5-3-8(7-12)4-6-9/h3-6H,7H2,1-2H3,(H,13,14). The summed E-state index contributed by atoms with van der Waals surface area (Å²) in [5, 5.41) is 9.80. The average Bonchev–Trinajstić information content (AvgIpc) is 2.17. The highest BCUT2D eigenvalue weighted by molar-refractivity contribution is 9.08. The monoisotopic (exact) mass is 256 g/mol. The second-order valence-electron chi connectivity index (χ2n) is 3.76. The van der Waals surface area contributed by atoms with Gasteiger partial charge >= 0.3 is 5.97 Å². The number of aliphatic carboxylic acids is 1. The smallest absolute Gasteiger partial charge is 0.313 e. The molecule has 1 aromatic carbocycles. The van der Waals surface area contributed by atoms with Crippen molar-refractivity contribution in [3.8, 4) is 0 Å². The lowest BCUT2D eigenvalue weighted by molar-refractivity contribution is -0.142. The van der Waals surface area contributed by atoms with Crippen LogP contribution in [0.2, 0.25) is 0 Å².